The summed E-state index contributed by atoms with van der Waals surface area (Å²) in [6.07, 6.45) is 1.68. The number of hydrogen-bond acceptors (Lipinski definition) is 3. The minimum atomic E-state index is -0.432. The van der Waals surface area contributed by atoms with Crippen LogP contribution in [0.4, 0.5) is 10.5 Å². The van der Waals surface area contributed by atoms with Crippen LogP contribution in [0.3, 0.4) is 0 Å². The maximum Gasteiger partial charge on any atom is 0.410 e. The molecule has 1 saturated heterocycles. The number of ether oxygens (including phenoxy) is 1. The van der Waals surface area contributed by atoms with Crippen LogP contribution in [0.15, 0.2) is 24.3 Å². The summed E-state index contributed by atoms with van der Waals surface area (Å²) >= 11 is 0. The van der Waals surface area contributed by atoms with Gasteiger partial charge in [0.1, 0.15) is 5.60 Å². The van der Waals surface area contributed by atoms with Crippen molar-refractivity contribution in [2.45, 2.75) is 45.3 Å². The van der Waals surface area contributed by atoms with E-state index in [-0.39, 0.29) is 12.1 Å². The van der Waals surface area contributed by atoms with Gasteiger partial charge in [0.2, 0.25) is 0 Å². The summed E-state index contributed by atoms with van der Waals surface area (Å²) in [6.45, 7) is 6.45. The third-order valence-electron chi connectivity index (χ3n) is 3.22. The largest absolute Gasteiger partial charge is 0.444 e. The quantitative estimate of drug-likeness (QED) is 0.834. The topological polar surface area (TPSA) is 55.6 Å². The lowest BCUT2D eigenvalue weighted by Crippen LogP contribution is -2.53. The molecule has 1 fully saturated rings. The standard InChI is InChI=1S/C15H22N2O2/c1-15(2,3)19-14(18)17-9-8-13(17)10-11-4-6-12(16)7-5-11/h4-7,13H,8-10,16H2,1-3H3/t13-/m1/s1. The van der Waals surface area contributed by atoms with Gasteiger partial charge in [-0.25, -0.2) is 4.79 Å². The van der Waals surface area contributed by atoms with E-state index in [9.17, 15) is 4.79 Å². The molecule has 0 radical (unpaired) electrons. The first-order valence-electron chi connectivity index (χ1n) is 6.69. The Kier molecular flexibility index (Phi) is 3.69. The molecule has 1 aromatic carbocycles. The number of carbonyl (C=O) groups is 1. The molecule has 1 amide bonds. The summed E-state index contributed by atoms with van der Waals surface area (Å²) in [4.78, 5) is 13.8. The number of nitrogens with zero attached hydrogens (tertiary/aromatic N) is 1. The fourth-order valence-electron chi connectivity index (χ4n) is 2.14. The molecular weight excluding hydrogens is 240 g/mol. The third kappa shape index (κ3) is 3.63. The molecule has 0 aliphatic carbocycles. The number of benzene rings is 1. The van der Waals surface area contributed by atoms with Crippen LogP contribution in [0.5, 0.6) is 0 Å². The first kappa shape index (κ1) is 13.7. The highest BCUT2D eigenvalue weighted by atomic mass is 16.6. The second kappa shape index (κ2) is 5.11. The third-order valence-corrected chi connectivity index (χ3v) is 3.22. The molecule has 1 aliphatic heterocycles. The Hall–Kier alpha value is -1.71. The van der Waals surface area contributed by atoms with Gasteiger partial charge in [-0.1, -0.05) is 12.1 Å². The molecule has 0 unspecified atom stereocenters. The minimum Gasteiger partial charge on any atom is -0.444 e. The van der Waals surface area contributed by atoms with Gasteiger partial charge in [-0.05, 0) is 51.3 Å². The number of likely N-dealkylation sites (tertiary alicyclic amines) is 1. The van der Waals surface area contributed by atoms with Gasteiger partial charge in [0.15, 0.2) is 0 Å². The molecule has 0 spiro atoms. The van der Waals surface area contributed by atoms with Crippen LogP contribution in [0.25, 0.3) is 0 Å². The van der Waals surface area contributed by atoms with E-state index in [1.54, 1.807) is 0 Å². The molecule has 4 heteroatoms. The summed E-state index contributed by atoms with van der Waals surface area (Å²) < 4.78 is 5.40. The average molecular weight is 262 g/mol. The number of carbonyl (C=O) groups excluding carboxylic acids is 1. The molecule has 19 heavy (non-hydrogen) atoms. The zero-order chi connectivity index (χ0) is 14.0. The van der Waals surface area contributed by atoms with Gasteiger partial charge in [-0.15, -0.1) is 0 Å². The SMILES string of the molecule is CC(C)(C)OC(=O)N1CC[C@@H]1Cc1ccc(N)cc1. The fraction of sp³-hybridized carbons (Fsp3) is 0.533. The van der Waals surface area contributed by atoms with Crippen LogP contribution in [0.1, 0.15) is 32.8 Å². The molecular formula is C15H22N2O2. The number of rotatable bonds is 2. The second-order valence-corrected chi connectivity index (χ2v) is 6.06. The molecule has 0 aromatic heterocycles. The highest BCUT2D eigenvalue weighted by Gasteiger charge is 2.34. The van der Waals surface area contributed by atoms with Crippen LogP contribution in [-0.2, 0) is 11.2 Å². The van der Waals surface area contributed by atoms with Crippen LogP contribution < -0.4 is 5.73 Å². The molecule has 0 bridgehead atoms. The summed E-state index contributed by atoms with van der Waals surface area (Å²) in [5.41, 5.74) is 7.20. The lowest BCUT2D eigenvalue weighted by atomic mass is 9.96. The number of anilines is 1. The number of nitrogens with two attached hydrogens (primary N) is 1. The van der Waals surface area contributed by atoms with E-state index in [0.717, 1.165) is 25.1 Å². The van der Waals surface area contributed by atoms with Gasteiger partial charge < -0.3 is 15.4 Å². The number of amides is 1. The van der Waals surface area contributed by atoms with Crippen molar-refractivity contribution >= 4 is 11.8 Å². The lowest BCUT2D eigenvalue weighted by molar-refractivity contribution is -0.00498. The van der Waals surface area contributed by atoms with Crippen LogP contribution in [-0.4, -0.2) is 29.2 Å². The Balaban J connectivity index is 1.92. The Morgan fingerprint density at radius 3 is 2.47 bits per heavy atom. The van der Waals surface area contributed by atoms with Gasteiger partial charge in [0, 0.05) is 18.3 Å². The Morgan fingerprint density at radius 1 is 1.37 bits per heavy atom. The predicted octanol–water partition coefficient (Wildman–Crippen LogP) is 2.82. The van der Waals surface area contributed by atoms with Crippen molar-refractivity contribution in [2.24, 2.45) is 0 Å². The van der Waals surface area contributed by atoms with Crippen molar-refractivity contribution in [1.82, 2.24) is 4.90 Å². The Labute approximate surface area is 114 Å². The molecule has 4 nitrogen and oxygen atoms in total. The van der Waals surface area contributed by atoms with Crippen molar-refractivity contribution in [3.05, 3.63) is 29.8 Å². The first-order chi connectivity index (χ1) is 8.85. The highest BCUT2D eigenvalue weighted by molar-refractivity contribution is 5.69. The van der Waals surface area contributed by atoms with E-state index < -0.39 is 5.60 Å². The van der Waals surface area contributed by atoms with E-state index in [4.69, 9.17) is 10.5 Å². The van der Waals surface area contributed by atoms with Gasteiger partial charge in [-0.2, -0.15) is 0 Å². The number of hydrogen-bond donors (Lipinski definition) is 1. The zero-order valence-electron chi connectivity index (χ0n) is 11.8. The van der Waals surface area contributed by atoms with Gasteiger partial charge in [0.05, 0.1) is 0 Å². The normalized spacial score (nSPS) is 18.9. The van der Waals surface area contributed by atoms with Gasteiger partial charge >= 0.3 is 6.09 Å². The fourth-order valence-corrected chi connectivity index (χ4v) is 2.14. The Bertz CT molecular complexity index is 448. The van der Waals surface area contributed by atoms with Crippen LogP contribution in [0, 0.1) is 0 Å². The van der Waals surface area contributed by atoms with E-state index in [1.165, 1.54) is 5.56 Å². The van der Waals surface area contributed by atoms with Crippen molar-refractivity contribution in [3.63, 3.8) is 0 Å². The summed E-state index contributed by atoms with van der Waals surface area (Å²) in [7, 11) is 0. The highest BCUT2D eigenvalue weighted by Crippen LogP contribution is 2.24. The molecule has 1 aromatic rings. The molecule has 1 heterocycles. The van der Waals surface area contributed by atoms with E-state index in [0.29, 0.717) is 0 Å². The Morgan fingerprint density at radius 2 is 2.00 bits per heavy atom. The van der Waals surface area contributed by atoms with Crippen LogP contribution in [0.2, 0.25) is 0 Å². The van der Waals surface area contributed by atoms with Gasteiger partial charge in [-0.3, -0.25) is 0 Å². The molecule has 1 atom stereocenters. The minimum absolute atomic E-state index is 0.209. The molecule has 2 N–H and O–H groups in total. The van der Waals surface area contributed by atoms with E-state index >= 15 is 0 Å². The second-order valence-electron chi connectivity index (χ2n) is 6.06. The first-order valence-corrected chi connectivity index (χ1v) is 6.69. The van der Waals surface area contributed by atoms with E-state index in [1.807, 2.05) is 49.9 Å². The van der Waals surface area contributed by atoms with Gasteiger partial charge in [0.25, 0.3) is 0 Å². The van der Waals surface area contributed by atoms with Crippen LogP contribution >= 0.6 is 0 Å². The summed E-state index contributed by atoms with van der Waals surface area (Å²) in [5.74, 6) is 0. The molecule has 104 valence electrons. The van der Waals surface area contributed by atoms with Crippen molar-refractivity contribution in [1.29, 1.82) is 0 Å². The molecule has 0 saturated carbocycles. The maximum atomic E-state index is 12.0. The average Bonchev–Trinajstić information content (AvgIpc) is 2.24. The maximum absolute atomic E-state index is 12.0. The van der Waals surface area contributed by atoms with Crippen molar-refractivity contribution in [3.8, 4) is 0 Å². The smallest absolute Gasteiger partial charge is 0.410 e. The number of nitrogen functional groups attached to an aromatic ring is 1. The van der Waals surface area contributed by atoms with E-state index in [2.05, 4.69) is 0 Å². The summed E-state index contributed by atoms with van der Waals surface area (Å²) in [5, 5.41) is 0. The zero-order valence-corrected chi connectivity index (χ0v) is 11.8. The molecule has 1 aliphatic rings. The van der Waals surface area contributed by atoms with Crippen molar-refractivity contribution < 1.29 is 9.53 Å². The lowest BCUT2D eigenvalue weighted by Gasteiger charge is -2.41. The predicted molar refractivity (Wildman–Crippen MR) is 75.9 cm³/mol. The molecule has 2 rings (SSSR count). The summed E-state index contributed by atoms with van der Waals surface area (Å²) in [6, 6.07) is 8.07. The monoisotopic (exact) mass is 262 g/mol. The van der Waals surface area contributed by atoms with Crippen molar-refractivity contribution in [2.75, 3.05) is 12.3 Å².